The first-order valence-electron chi connectivity index (χ1n) is 2.62. The van der Waals surface area contributed by atoms with E-state index in [1.807, 2.05) is 0 Å². The molecule has 0 nitrogen and oxygen atoms in total. The van der Waals surface area contributed by atoms with Gasteiger partial charge in [0.1, 0.15) is 13.7 Å². The van der Waals surface area contributed by atoms with Gasteiger partial charge >= 0.3 is 0 Å². The van der Waals surface area contributed by atoms with Gasteiger partial charge in [-0.15, -0.1) is 0 Å². The average Bonchev–Trinajstić information content (AvgIpc) is 1.80. The van der Waals surface area contributed by atoms with E-state index in [4.69, 9.17) is 11.6 Å². The monoisotopic (exact) mass is 142 g/mol. The van der Waals surface area contributed by atoms with Crippen molar-refractivity contribution in [2.45, 2.75) is 0 Å². The zero-order valence-electron chi connectivity index (χ0n) is 4.99. The smallest absolute Gasteiger partial charge is 0.141 e. The van der Waals surface area contributed by atoms with Crippen molar-refractivity contribution in [1.82, 2.24) is 0 Å². The van der Waals surface area contributed by atoms with E-state index in [9.17, 15) is 4.39 Å². The first-order valence-corrected chi connectivity index (χ1v) is 2.99. The van der Waals surface area contributed by atoms with Crippen LogP contribution >= 0.6 is 11.6 Å². The second kappa shape index (κ2) is 2.40. The molecule has 0 aliphatic heterocycles. The summed E-state index contributed by atoms with van der Waals surface area (Å²) in [5.41, 5.74) is 0.775. The lowest BCUT2D eigenvalue weighted by atomic mass is 9.96. The Hall–Kier alpha value is -0.495. The van der Waals surface area contributed by atoms with Crippen molar-refractivity contribution in [3.63, 3.8) is 0 Å². The molecular formula is C6H5BClF. The van der Waals surface area contributed by atoms with Crippen molar-refractivity contribution >= 4 is 24.9 Å². The lowest BCUT2D eigenvalue weighted by molar-refractivity contribution is 0.629. The van der Waals surface area contributed by atoms with Crippen molar-refractivity contribution in [3.8, 4) is 0 Å². The van der Waals surface area contributed by atoms with Gasteiger partial charge in [-0.1, -0.05) is 17.1 Å². The molecular weight excluding hydrogens is 137 g/mol. The predicted octanol–water partition coefficient (Wildman–Crippen LogP) is 0.737. The highest BCUT2D eigenvalue weighted by Crippen LogP contribution is 2.04. The molecule has 0 heterocycles. The second-order valence-electron chi connectivity index (χ2n) is 1.89. The molecule has 0 spiro atoms. The van der Waals surface area contributed by atoms with Gasteiger partial charge in [-0.25, -0.2) is 4.39 Å². The predicted molar refractivity (Wildman–Crippen MR) is 39.6 cm³/mol. The third-order valence-electron chi connectivity index (χ3n) is 1.12. The van der Waals surface area contributed by atoms with E-state index in [0.717, 1.165) is 5.46 Å². The van der Waals surface area contributed by atoms with Crippen LogP contribution in [-0.2, 0) is 0 Å². The van der Waals surface area contributed by atoms with Crippen molar-refractivity contribution in [2.24, 2.45) is 0 Å². The Kier molecular flexibility index (Phi) is 1.77. The minimum Gasteiger partial charge on any atom is -0.207 e. The first kappa shape index (κ1) is 6.62. The Labute approximate surface area is 59.1 Å². The second-order valence-corrected chi connectivity index (χ2v) is 2.30. The van der Waals surface area contributed by atoms with Gasteiger partial charge in [-0.05, 0) is 18.2 Å². The maximum absolute atomic E-state index is 12.3. The van der Waals surface area contributed by atoms with E-state index >= 15 is 0 Å². The molecule has 9 heavy (non-hydrogen) atoms. The highest BCUT2D eigenvalue weighted by Gasteiger charge is 1.93. The van der Waals surface area contributed by atoms with Gasteiger partial charge in [0.15, 0.2) is 0 Å². The summed E-state index contributed by atoms with van der Waals surface area (Å²) in [6, 6.07) is 4.30. The third-order valence-corrected chi connectivity index (χ3v) is 1.54. The summed E-state index contributed by atoms with van der Waals surface area (Å²) in [6.45, 7) is 0. The first-order chi connectivity index (χ1) is 4.20. The van der Waals surface area contributed by atoms with Crippen LogP contribution in [-0.4, -0.2) is 7.85 Å². The Morgan fingerprint density at radius 1 is 1.44 bits per heavy atom. The van der Waals surface area contributed by atoms with Crippen LogP contribution in [0.15, 0.2) is 18.2 Å². The van der Waals surface area contributed by atoms with Crippen molar-refractivity contribution in [2.75, 3.05) is 0 Å². The summed E-state index contributed by atoms with van der Waals surface area (Å²) < 4.78 is 12.3. The van der Waals surface area contributed by atoms with E-state index in [-0.39, 0.29) is 5.82 Å². The Morgan fingerprint density at radius 3 is 2.56 bits per heavy atom. The molecule has 0 fully saturated rings. The lowest BCUT2D eigenvalue weighted by Crippen LogP contribution is -2.03. The normalized spacial score (nSPS) is 9.56. The molecule has 0 amide bonds. The number of hydrogen-bond donors (Lipinski definition) is 0. The Bertz CT molecular complexity index is 224. The quantitative estimate of drug-likeness (QED) is 0.469. The van der Waals surface area contributed by atoms with Gasteiger partial charge in [-0.3, -0.25) is 0 Å². The summed E-state index contributed by atoms with van der Waals surface area (Å²) >= 11 is 5.61. The Balaban J connectivity index is 3.17. The molecule has 1 aromatic carbocycles. The van der Waals surface area contributed by atoms with E-state index < -0.39 is 0 Å². The number of hydrogen-bond acceptors (Lipinski definition) is 0. The fourth-order valence-electron chi connectivity index (χ4n) is 0.608. The molecule has 0 aliphatic carbocycles. The Morgan fingerprint density at radius 2 is 2.11 bits per heavy atom. The van der Waals surface area contributed by atoms with Gasteiger partial charge in [0.2, 0.25) is 0 Å². The van der Waals surface area contributed by atoms with Crippen LogP contribution in [0.4, 0.5) is 4.39 Å². The lowest BCUT2D eigenvalue weighted by Gasteiger charge is -1.94. The zero-order chi connectivity index (χ0) is 6.85. The van der Waals surface area contributed by atoms with Crippen LogP contribution in [0.25, 0.3) is 0 Å². The molecule has 0 aromatic heterocycles. The van der Waals surface area contributed by atoms with Gasteiger partial charge in [0.25, 0.3) is 0 Å². The maximum atomic E-state index is 12.3. The maximum Gasteiger partial charge on any atom is 0.141 e. The number of halogens is 2. The minimum absolute atomic E-state index is 0.239. The van der Waals surface area contributed by atoms with E-state index in [0.29, 0.717) is 5.02 Å². The van der Waals surface area contributed by atoms with Gasteiger partial charge in [0.05, 0.1) is 0 Å². The fraction of sp³-hybridized carbons (Fsp3) is 0. The van der Waals surface area contributed by atoms with Gasteiger partial charge < -0.3 is 0 Å². The van der Waals surface area contributed by atoms with Crippen LogP contribution in [0.2, 0.25) is 5.02 Å². The van der Waals surface area contributed by atoms with Crippen LogP contribution < -0.4 is 5.46 Å². The average molecular weight is 142 g/mol. The van der Waals surface area contributed by atoms with Gasteiger partial charge in [-0.2, -0.15) is 0 Å². The molecule has 3 heteroatoms. The van der Waals surface area contributed by atoms with Crippen molar-refractivity contribution in [3.05, 3.63) is 29.0 Å². The standard InChI is InChI=1S/C6H5BClF/c7-5-3-4(9)1-2-6(5)8/h1-3H,7H2. The molecule has 1 rings (SSSR count). The zero-order valence-corrected chi connectivity index (χ0v) is 5.74. The summed E-state index contributed by atoms with van der Waals surface area (Å²) in [6.07, 6.45) is 0. The van der Waals surface area contributed by atoms with Crippen molar-refractivity contribution in [1.29, 1.82) is 0 Å². The van der Waals surface area contributed by atoms with E-state index in [2.05, 4.69) is 0 Å². The van der Waals surface area contributed by atoms with Crippen LogP contribution in [0.3, 0.4) is 0 Å². The van der Waals surface area contributed by atoms with Crippen LogP contribution in [0, 0.1) is 5.82 Å². The topological polar surface area (TPSA) is 0 Å². The SMILES string of the molecule is Bc1cc(F)ccc1Cl. The largest absolute Gasteiger partial charge is 0.207 e. The third kappa shape index (κ3) is 1.45. The van der Waals surface area contributed by atoms with E-state index in [1.165, 1.54) is 12.1 Å². The van der Waals surface area contributed by atoms with Crippen LogP contribution in [0.5, 0.6) is 0 Å². The van der Waals surface area contributed by atoms with Gasteiger partial charge in [0, 0.05) is 5.02 Å². The minimum atomic E-state index is -0.239. The summed E-state index contributed by atoms with van der Waals surface area (Å²) in [5.74, 6) is -0.239. The highest BCUT2D eigenvalue weighted by atomic mass is 35.5. The summed E-state index contributed by atoms with van der Waals surface area (Å²) in [4.78, 5) is 0. The molecule has 0 unspecified atom stereocenters. The van der Waals surface area contributed by atoms with E-state index in [1.54, 1.807) is 13.9 Å². The van der Waals surface area contributed by atoms with Crippen LogP contribution in [0.1, 0.15) is 0 Å². The molecule has 0 saturated heterocycles. The molecule has 46 valence electrons. The molecule has 0 saturated carbocycles. The highest BCUT2D eigenvalue weighted by molar-refractivity contribution is 6.44. The van der Waals surface area contributed by atoms with Crippen molar-refractivity contribution < 1.29 is 4.39 Å². The summed E-state index contributed by atoms with van der Waals surface area (Å²) in [7, 11) is 1.77. The molecule has 0 atom stereocenters. The molecule has 0 bridgehead atoms. The molecule has 0 N–H and O–H groups in total. The molecule has 0 radical (unpaired) electrons. The fourth-order valence-corrected chi connectivity index (χ4v) is 0.726. The summed E-state index contributed by atoms with van der Waals surface area (Å²) in [5, 5.41) is 0.608. The molecule has 1 aromatic rings. The number of benzene rings is 1. The molecule has 0 aliphatic rings. The number of rotatable bonds is 0.